The third-order valence-electron chi connectivity index (χ3n) is 2.23. The molecule has 13 heavy (non-hydrogen) atoms. The van der Waals surface area contributed by atoms with Crippen LogP contribution in [0, 0.1) is 11.8 Å². The molecule has 2 unspecified atom stereocenters. The number of aliphatic hydroxyl groups is 1. The zero-order valence-electron chi connectivity index (χ0n) is 9.42. The zero-order chi connectivity index (χ0) is 10.3. The highest BCUT2D eigenvalue weighted by Crippen LogP contribution is 2.15. The fourth-order valence-electron chi connectivity index (χ4n) is 1.54. The van der Waals surface area contributed by atoms with Crippen molar-refractivity contribution in [2.45, 2.75) is 46.1 Å². The molecule has 0 spiro atoms. The average Bonchev–Trinajstić information content (AvgIpc) is 1.98. The van der Waals surface area contributed by atoms with Gasteiger partial charge in [0.1, 0.15) is 0 Å². The fraction of sp³-hybridized carbons (Fsp3) is 1.00. The highest BCUT2D eigenvalue weighted by molar-refractivity contribution is 4.63. The summed E-state index contributed by atoms with van der Waals surface area (Å²) in [4.78, 5) is 0. The van der Waals surface area contributed by atoms with Crippen molar-refractivity contribution in [1.82, 2.24) is 0 Å². The molecular weight excluding hydrogens is 164 g/mol. The van der Waals surface area contributed by atoms with E-state index in [9.17, 15) is 5.11 Å². The maximum Gasteiger partial charge on any atom is 0.0545 e. The van der Waals surface area contributed by atoms with Crippen LogP contribution < -0.4 is 0 Å². The van der Waals surface area contributed by atoms with E-state index in [0.29, 0.717) is 11.8 Å². The summed E-state index contributed by atoms with van der Waals surface area (Å²) in [5, 5.41) is 9.65. The topological polar surface area (TPSA) is 29.5 Å². The second-order valence-electron chi connectivity index (χ2n) is 4.41. The Labute approximate surface area is 82.3 Å². The van der Waals surface area contributed by atoms with E-state index in [4.69, 9.17) is 4.74 Å². The lowest BCUT2D eigenvalue weighted by atomic mass is 9.95. The van der Waals surface area contributed by atoms with E-state index in [2.05, 4.69) is 20.8 Å². The Bertz CT molecular complexity index is 113. The molecule has 0 heterocycles. The quantitative estimate of drug-likeness (QED) is 0.665. The van der Waals surface area contributed by atoms with Crippen molar-refractivity contribution in [3.05, 3.63) is 0 Å². The van der Waals surface area contributed by atoms with Crippen molar-refractivity contribution in [3.63, 3.8) is 0 Å². The largest absolute Gasteiger partial charge is 0.393 e. The third kappa shape index (κ3) is 8.26. The van der Waals surface area contributed by atoms with Crippen molar-refractivity contribution in [1.29, 1.82) is 0 Å². The molecule has 0 aliphatic heterocycles. The summed E-state index contributed by atoms with van der Waals surface area (Å²) >= 11 is 0. The number of rotatable bonds is 7. The summed E-state index contributed by atoms with van der Waals surface area (Å²) in [6.07, 6.45) is 2.73. The van der Waals surface area contributed by atoms with E-state index in [-0.39, 0.29) is 6.10 Å². The van der Waals surface area contributed by atoms with Gasteiger partial charge in [-0.2, -0.15) is 0 Å². The number of hydrogen-bond donors (Lipinski definition) is 1. The van der Waals surface area contributed by atoms with Crippen LogP contribution in [0.3, 0.4) is 0 Å². The van der Waals surface area contributed by atoms with Gasteiger partial charge in [-0.1, -0.05) is 20.8 Å². The molecule has 0 aliphatic carbocycles. The monoisotopic (exact) mass is 188 g/mol. The molecule has 0 fully saturated rings. The standard InChI is InChI=1S/C11H24O2/c1-9(2)7-11(12)8-10(3)5-6-13-4/h9-12H,5-8H2,1-4H3. The van der Waals surface area contributed by atoms with Crippen molar-refractivity contribution in [2.24, 2.45) is 11.8 Å². The summed E-state index contributed by atoms with van der Waals surface area (Å²) < 4.78 is 4.99. The Balaban J connectivity index is 3.46. The molecule has 0 aromatic rings. The van der Waals surface area contributed by atoms with Crippen LogP contribution in [0.25, 0.3) is 0 Å². The Morgan fingerprint density at radius 1 is 1.15 bits per heavy atom. The van der Waals surface area contributed by atoms with Gasteiger partial charge in [-0.05, 0) is 31.1 Å². The van der Waals surface area contributed by atoms with Crippen LogP contribution in [0.4, 0.5) is 0 Å². The second kappa shape index (κ2) is 7.34. The molecule has 80 valence electrons. The van der Waals surface area contributed by atoms with Gasteiger partial charge in [-0.3, -0.25) is 0 Å². The summed E-state index contributed by atoms with van der Waals surface area (Å²) in [6.45, 7) is 7.25. The van der Waals surface area contributed by atoms with E-state index in [1.807, 2.05) is 0 Å². The molecule has 0 radical (unpaired) electrons. The molecule has 2 nitrogen and oxygen atoms in total. The van der Waals surface area contributed by atoms with Gasteiger partial charge in [0.05, 0.1) is 6.10 Å². The highest BCUT2D eigenvalue weighted by atomic mass is 16.5. The first-order chi connectivity index (χ1) is 6.06. The smallest absolute Gasteiger partial charge is 0.0545 e. The van der Waals surface area contributed by atoms with E-state index in [0.717, 1.165) is 25.9 Å². The number of methoxy groups -OCH3 is 1. The van der Waals surface area contributed by atoms with Gasteiger partial charge in [0.15, 0.2) is 0 Å². The van der Waals surface area contributed by atoms with Gasteiger partial charge in [-0.25, -0.2) is 0 Å². The molecule has 0 saturated carbocycles. The minimum absolute atomic E-state index is 0.133. The first-order valence-electron chi connectivity index (χ1n) is 5.23. The van der Waals surface area contributed by atoms with Gasteiger partial charge < -0.3 is 9.84 Å². The first-order valence-corrected chi connectivity index (χ1v) is 5.23. The van der Waals surface area contributed by atoms with E-state index in [1.54, 1.807) is 7.11 Å². The third-order valence-corrected chi connectivity index (χ3v) is 2.23. The summed E-state index contributed by atoms with van der Waals surface area (Å²) in [5.41, 5.74) is 0. The molecule has 1 N–H and O–H groups in total. The summed E-state index contributed by atoms with van der Waals surface area (Å²) in [6, 6.07) is 0. The van der Waals surface area contributed by atoms with Gasteiger partial charge in [0.2, 0.25) is 0 Å². The number of ether oxygens (including phenoxy) is 1. The molecule has 0 rings (SSSR count). The molecular formula is C11H24O2. The van der Waals surface area contributed by atoms with Crippen LogP contribution in [0.2, 0.25) is 0 Å². The summed E-state index contributed by atoms with van der Waals surface area (Å²) in [7, 11) is 1.72. The van der Waals surface area contributed by atoms with Crippen molar-refractivity contribution in [3.8, 4) is 0 Å². The van der Waals surface area contributed by atoms with Gasteiger partial charge in [-0.15, -0.1) is 0 Å². The lowest BCUT2D eigenvalue weighted by Crippen LogP contribution is -2.15. The predicted molar refractivity (Wildman–Crippen MR) is 55.7 cm³/mol. The maximum absolute atomic E-state index is 9.65. The van der Waals surface area contributed by atoms with Crippen LogP contribution in [0.1, 0.15) is 40.0 Å². The van der Waals surface area contributed by atoms with Gasteiger partial charge in [0, 0.05) is 13.7 Å². The molecule has 0 aliphatic rings. The molecule has 2 heteroatoms. The van der Waals surface area contributed by atoms with Crippen LogP contribution in [-0.2, 0) is 4.74 Å². The predicted octanol–water partition coefficient (Wildman–Crippen LogP) is 2.46. The molecule has 0 saturated heterocycles. The molecule has 0 amide bonds. The first kappa shape index (κ1) is 12.9. The van der Waals surface area contributed by atoms with Crippen LogP contribution in [0.15, 0.2) is 0 Å². The Morgan fingerprint density at radius 2 is 1.77 bits per heavy atom. The molecule has 2 atom stereocenters. The van der Waals surface area contributed by atoms with Crippen LogP contribution >= 0.6 is 0 Å². The number of aliphatic hydroxyl groups excluding tert-OH is 1. The van der Waals surface area contributed by atoms with E-state index >= 15 is 0 Å². The van der Waals surface area contributed by atoms with E-state index in [1.165, 1.54) is 0 Å². The minimum Gasteiger partial charge on any atom is -0.393 e. The maximum atomic E-state index is 9.65. The van der Waals surface area contributed by atoms with Crippen molar-refractivity contribution >= 4 is 0 Å². The Morgan fingerprint density at radius 3 is 2.23 bits per heavy atom. The van der Waals surface area contributed by atoms with Crippen molar-refractivity contribution < 1.29 is 9.84 Å². The zero-order valence-corrected chi connectivity index (χ0v) is 9.42. The fourth-order valence-corrected chi connectivity index (χ4v) is 1.54. The SMILES string of the molecule is COCCC(C)CC(O)CC(C)C. The minimum atomic E-state index is -0.133. The summed E-state index contributed by atoms with van der Waals surface area (Å²) in [5.74, 6) is 1.15. The Kier molecular flexibility index (Phi) is 7.29. The van der Waals surface area contributed by atoms with Gasteiger partial charge in [0.25, 0.3) is 0 Å². The lowest BCUT2D eigenvalue weighted by molar-refractivity contribution is 0.109. The lowest BCUT2D eigenvalue weighted by Gasteiger charge is -2.17. The molecule has 0 aromatic carbocycles. The van der Waals surface area contributed by atoms with Crippen LogP contribution in [-0.4, -0.2) is 24.9 Å². The Hall–Kier alpha value is -0.0800. The van der Waals surface area contributed by atoms with E-state index < -0.39 is 0 Å². The highest BCUT2D eigenvalue weighted by Gasteiger charge is 2.11. The van der Waals surface area contributed by atoms with Crippen molar-refractivity contribution in [2.75, 3.05) is 13.7 Å². The van der Waals surface area contributed by atoms with Crippen LogP contribution in [0.5, 0.6) is 0 Å². The second-order valence-corrected chi connectivity index (χ2v) is 4.41. The normalized spacial score (nSPS) is 16.2. The average molecular weight is 188 g/mol. The molecule has 0 bridgehead atoms. The van der Waals surface area contributed by atoms with Gasteiger partial charge >= 0.3 is 0 Å². The molecule has 0 aromatic heterocycles. The number of hydrogen-bond acceptors (Lipinski definition) is 2.